The number of alkyl halides is 1. The summed E-state index contributed by atoms with van der Waals surface area (Å²) in [6.45, 7) is 2.43. The van der Waals surface area contributed by atoms with Crippen molar-refractivity contribution in [2.75, 3.05) is 32.2 Å². The van der Waals surface area contributed by atoms with E-state index in [4.69, 9.17) is 13.8 Å². The van der Waals surface area contributed by atoms with Crippen molar-refractivity contribution in [3.05, 3.63) is 0 Å². The molecule has 0 aromatic heterocycles. The monoisotopic (exact) mass is 557 g/mol. The van der Waals surface area contributed by atoms with Gasteiger partial charge in [0.1, 0.15) is 0 Å². The Bertz CT molecular complexity index is 498. The Balaban J connectivity index is 3.53. The van der Waals surface area contributed by atoms with E-state index in [0.29, 0.717) is 11.8 Å². The van der Waals surface area contributed by atoms with Gasteiger partial charge in [-0.2, -0.15) is 0 Å². The average Bonchev–Trinajstić information content (AvgIpc) is 2.80. The van der Waals surface area contributed by atoms with Crippen LogP contribution in [0.1, 0.15) is 110 Å². The highest BCUT2D eigenvalue weighted by molar-refractivity contribution is 9.09. The Kier molecular flexibility index (Phi) is 23.8. The lowest BCUT2D eigenvalue weighted by Gasteiger charge is -2.18. The summed E-state index contributed by atoms with van der Waals surface area (Å²) < 4.78 is 26.5. The molecule has 33 heavy (non-hydrogen) atoms. The van der Waals surface area contributed by atoms with E-state index in [1.54, 1.807) is 0 Å². The molecule has 0 aromatic rings. The first-order valence-electron chi connectivity index (χ1n) is 12.9. The molecule has 0 heterocycles. The molecule has 2 atom stereocenters. The molecule has 0 fully saturated rings. The molecule has 1 amide bonds. The number of rotatable bonds is 25. The van der Waals surface area contributed by atoms with Crippen LogP contribution in [0.25, 0.3) is 0 Å². The van der Waals surface area contributed by atoms with Gasteiger partial charge in [0, 0.05) is 25.4 Å². The third kappa shape index (κ3) is 23.5. The number of carbonyl (C=O) groups excluding carboxylic acids is 1. The molecule has 2 N–H and O–H groups in total. The standard InChI is InChI=1S/C24H49BrNO6P/c1-3-4-5-6-7-8-9-10-11-12-13-14-15-16-17-18-24(27)26-21-23(30-2)22-32-33(28,29)31-20-19-25/h23H,3-22H2,1-2H3,(H,26,27)(H,28,29). The SMILES string of the molecule is CCCCCCCCCCCCCCCCCC(=O)NCC(COP(=O)(O)OCCBr)OC. The van der Waals surface area contributed by atoms with Crippen LogP contribution in [0, 0.1) is 0 Å². The van der Waals surface area contributed by atoms with Crippen LogP contribution >= 0.6 is 23.8 Å². The fraction of sp³-hybridized carbons (Fsp3) is 0.958. The predicted octanol–water partition coefficient (Wildman–Crippen LogP) is 6.91. The number of halogens is 1. The summed E-state index contributed by atoms with van der Waals surface area (Å²) in [5.41, 5.74) is 0. The van der Waals surface area contributed by atoms with E-state index in [0.717, 1.165) is 12.8 Å². The number of carbonyl (C=O) groups is 1. The molecule has 0 aromatic carbocycles. The number of amides is 1. The van der Waals surface area contributed by atoms with Gasteiger partial charge in [-0.25, -0.2) is 4.57 Å². The maximum Gasteiger partial charge on any atom is 0.472 e. The first-order valence-corrected chi connectivity index (χ1v) is 15.5. The van der Waals surface area contributed by atoms with Gasteiger partial charge in [-0.05, 0) is 6.42 Å². The second kappa shape index (κ2) is 23.7. The molecule has 7 nitrogen and oxygen atoms in total. The maximum atomic E-state index is 12.0. The summed E-state index contributed by atoms with van der Waals surface area (Å²) in [5, 5.41) is 3.23. The first kappa shape index (κ1) is 33.0. The molecular weight excluding hydrogens is 509 g/mol. The molecule has 0 saturated heterocycles. The lowest BCUT2D eigenvalue weighted by Crippen LogP contribution is -2.35. The van der Waals surface area contributed by atoms with Crippen LogP contribution in [0.5, 0.6) is 0 Å². The molecule has 2 unspecified atom stereocenters. The van der Waals surface area contributed by atoms with Crippen molar-refractivity contribution in [1.82, 2.24) is 5.32 Å². The van der Waals surface area contributed by atoms with Crippen LogP contribution < -0.4 is 5.32 Å². The predicted molar refractivity (Wildman–Crippen MR) is 139 cm³/mol. The normalized spacial score (nSPS) is 14.2. The van der Waals surface area contributed by atoms with Crippen LogP contribution in [0.3, 0.4) is 0 Å². The van der Waals surface area contributed by atoms with Crippen molar-refractivity contribution in [3.63, 3.8) is 0 Å². The van der Waals surface area contributed by atoms with Crippen LogP contribution in [0.4, 0.5) is 0 Å². The van der Waals surface area contributed by atoms with Gasteiger partial charge in [-0.3, -0.25) is 13.8 Å². The number of phosphoric acid groups is 1. The molecule has 0 aliphatic rings. The quantitative estimate of drug-likeness (QED) is 0.0719. The lowest BCUT2D eigenvalue weighted by atomic mass is 10.0. The molecule has 0 aliphatic carbocycles. The summed E-state index contributed by atoms with van der Waals surface area (Å²) in [6, 6.07) is 0. The van der Waals surface area contributed by atoms with E-state index in [2.05, 4.69) is 28.2 Å². The molecule has 0 bridgehead atoms. The Labute approximate surface area is 210 Å². The molecule has 0 rings (SSSR count). The van der Waals surface area contributed by atoms with Gasteiger partial charge in [0.15, 0.2) is 0 Å². The number of hydrogen-bond acceptors (Lipinski definition) is 5. The van der Waals surface area contributed by atoms with Gasteiger partial charge in [-0.1, -0.05) is 113 Å². The van der Waals surface area contributed by atoms with Crippen LogP contribution in [-0.2, 0) is 23.1 Å². The second-order valence-corrected chi connectivity index (χ2v) is 10.9. The molecule has 0 spiro atoms. The van der Waals surface area contributed by atoms with Gasteiger partial charge < -0.3 is 14.9 Å². The molecule has 0 saturated carbocycles. The van der Waals surface area contributed by atoms with E-state index < -0.39 is 13.9 Å². The van der Waals surface area contributed by atoms with Gasteiger partial charge >= 0.3 is 7.82 Å². The fourth-order valence-corrected chi connectivity index (χ4v) is 4.71. The third-order valence-electron chi connectivity index (χ3n) is 5.62. The van der Waals surface area contributed by atoms with Crippen LogP contribution in [0.15, 0.2) is 0 Å². The average molecular weight is 559 g/mol. The van der Waals surface area contributed by atoms with Crippen molar-refractivity contribution < 1.29 is 28.0 Å². The minimum Gasteiger partial charge on any atom is -0.377 e. The zero-order chi connectivity index (χ0) is 24.6. The highest BCUT2D eigenvalue weighted by Gasteiger charge is 2.23. The molecule has 0 radical (unpaired) electrons. The summed E-state index contributed by atoms with van der Waals surface area (Å²) >= 11 is 3.11. The van der Waals surface area contributed by atoms with E-state index in [1.807, 2.05) is 0 Å². The highest BCUT2D eigenvalue weighted by atomic mass is 79.9. The summed E-state index contributed by atoms with van der Waals surface area (Å²) in [5.74, 6) is -0.0329. The number of ether oxygens (including phenoxy) is 1. The van der Waals surface area contributed by atoms with Gasteiger partial charge in [0.25, 0.3) is 0 Å². The number of phosphoric ester groups is 1. The Hall–Kier alpha value is 0.0200. The zero-order valence-electron chi connectivity index (χ0n) is 21.0. The topological polar surface area (TPSA) is 94.1 Å². The summed E-state index contributed by atoms with van der Waals surface area (Å²) in [7, 11) is -2.62. The van der Waals surface area contributed by atoms with E-state index in [9.17, 15) is 14.3 Å². The lowest BCUT2D eigenvalue weighted by molar-refractivity contribution is -0.121. The first-order chi connectivity index (χ1) is 15.9. The van der Waals surface area contributed by atoms with E-state index in [-0.39, 0.29) is 25.7 Å². The minimum absolute atomic E-state index is 0.0329. The zero-order valence-corrected chi connectivity index (χ0v) is 23.5. The molecule has 9 heteroatoms. The van der Waals surface area contributed by atoms with E-state index in [1.165, 1.54) is 90.6 Å². The second-order valence-electron chi connectivity index (χ2n) is 8.65. The summed E-state index contributed by atoms with van der Waals surface area (Å²) in [6.07, 6.45) is 19.4. The van der Waals surface area contributed by atoms with Gasteiger partial charge in [0.2, 0.25) is 5.91 Å². The Morgan fingerprint density at radius 3 is 1.82 bits per heavy atom. The summed E-state index contributed by atoms with van der Waals surface area (Å²) in [4.78, 5) is 21.5. The van der Waals surface area contributed by atoms with Crippen molar-refractivity contribution in [2.45, 2.75) is 116 Å². The number of nitrogens with one attached hydrogen (secondary N) is 1. The highest BCUT2D eigenvalue weighted by Crippen LogP contribution is 2.43. The van der Waals surface area contributed by atoms with Crippen molar-refractivity contribution in [1.29, 1.82) is 0 Å². The molecule has 0 aliphatic heterocycles. The smallest absolute Gasteiger partial charge is 0.377 e. The fourth-order valence-electron chi connectivity index (χ4n) is 3.55. The third-order valence-corrected chi connectivity index (χ3v) is 6.93. The number of unbranched alkanes of at least 4 members (excludes halogenated alkanes) is 14. The van der Waals surface area contributed by atoms with Crippen LogP contribution in [-0.4, -0.2) is 49.1 Å². The van der Waals surface area contributed by atoms with Gasteiger partial charge in [0.05, 0.1) is 19.3 Å². The Morgan fingerprint density at radius 2 is 1.36 bits per heavy atom. The van der Waals surface area contributed by atoms with Crippen LogP contribution in [0.2, 0.25) is 0 Å². The largest absolute Gasteiger partial charge is 0.472 e. The Morgan fingerprint density at radius 1 is 0.879 bits per heavy atom. The van der Waals surface area contributed by atoms with Gasteiger partial charge in [-0.15, -0.1) is 0 Å². The molecular formula is C24H49BrNO6P. The number of methoxy groups -OCH3 is 1. The maximum absolute atomic E-state index is 12.0. The minimum atomic E-state index is -4.09. The van der Waals surface area contributed by atoms with Crippen molar-refractivity contribution in [3.8, 4) is 0 Å². The van der Waals surface area contributed by atoms with E-state index >= 15 is 0 Å². The van der Waals surface area contributed by atoms with Crippen molar-refractivity contribution in [2.24, 2.45) is 0 Å². The number of hydrogen-bond donors (Lipinski definition) is 2. The molecule has 198 valence electrons. The van der Waals surface area contributed by atoms with Crippen molar-refractivity contribution >= 4 is 29.7 Å².